The van der Waals surface area contributed by atoms with Crippen LogP contribution in [0.3, 0.4) is 0 Å². The van der Waals surface area contributed by atoms with Gasteiger partial charge in [-0.15, -0.1) is 0 Å². The summed E-state index contributed by atoms with van der Waals surface area (Å²) in [5.74, 6) is 0. The Morgan fingerprint density at radius 2 is 1.64 bits per heavy atom. The lowest BCUT2D eigenvalue weighted by Crippen LogP contribution is -2.46. The van der Waals surface area contributed by atoms with Crippen LogP contribution in [0.4, 0.5) is 17.1 Å². The number of hydrogen-bond donors (Lipinski definition) is 0. The second-order valence-electron chi connectivity index (χ2n) is 5.94. The van der Waals surface area contributed by atoms with E-state index in [4.69, 9.17) is 0 Å². The zero-order valence-corrected chi connectivity index (χ0v) is 13.6. The molecule has 1 aromatic carbocycles. The van der Waals surface area contributed by atoms with Crippen molar-refractivity contribution in [2.75, 3.05) is 36.0 Å². The van der Waals surface area contributed by atoms with Gasteiger partial charge in [0.1, 0.15) is 5.52 Å². The van der Waals surface area contributed by atoms with Crippen LogP contribution >= 0.6 is 0 Å². The first kappa shape index (κ1) is 15.3. The molecule has 3 aromatic rings. The van der Waals surface area contributed by atoms with E-state index < -0.39 is 0 Å². The van der Waals surface area contributed by atoms with E-state index in [1.54, 1.807) is 36.8 Å². The molecule has 0 aliphatic carbocycles. The van der Waals surface area contributed by atoms with Gasteiger partial charge in [0.15, 0.2) is 0 Å². The maximum absolute atomic E-state index is 11.3. The minimum absolute atomic E-state index is 0.0993. The van der Waals surface area contributed by atoms with E-state index in [9.17, 15) is 10.1 Å². The highest BCUT2D eigenvalue weighted by Gasteiger charge is 2.22. The normalized spacial score (nSPS) is 14.7. The standard InChI is InChI=1S/C18H17N5O2/c24-23(25)16-3-4-17(18-15(16)2-1-7-20-18)22-12-10-21(11-13-22)14-5-8-19-9-6-14/h1-9H,10-13H2. The molecule has 0 bridgehead atoms. The van der Waals surface area contributed by atoms with Crippen molar-refractivity contribution >= 4 is 28.0 Å². The Hall–Kier alpha value is -3.22. The quantitative estimate of drug-likeness (QED) is 0.541. The van der Waals surface area contributed by atoms with Crippen molar-refractivity contribution in [3.05, 3.63) is 65.1 Å². The molecule has 0 N–H and O–H groups in total. The lowest BCUT2D eigenvalue weighted by Gasteiger charge is -2.37. The van der Waals surface area contributed by atoms with Crippen LogP contribution < -0.4 is 9.80 Å². The third-order valence-electron chi connectivity index (χ3n) is 4.57. The van der Waals surface area contributed by atoms with Gasteiger partial charge in [-0.3, -0.25) is 20.1 Å². The molecule has 1 fully saturated rings. The van der Waals surface area contributed by atoms with Crippen LogP contribution in [-0.4, -0.2) is 41.1 Å². The molecular formula is C18H17N5O2. The first-order valence-electron chi connectivity index (χ1n) is 8.16. The molecule has 0 spiro atoms. The molecule has 0 unspecified atom stereocenters. The highest BCUT2D eigenvalue weighted by Crippen LogP contribution is 2.32. The fourth-order valence-corrected chi connectivity index (χ4v) is 3.32. The van der Waals surface area contributed by atoms with E-state index in [0.717, 1.165) is 31.9 Å². The zero-order valence-electron chi connectivity index (χ0n) is 13.6. The zero-order chi connectivity index (χ0) is 17.2. The SMILES string of the molecule is O=[N+]([O-])c1ccc(N2CCN(c3ccncc3)CC2)c2ncccc12. The number of nitrogens with zero attached hydrogens (tertiary/aromatic N) is 5. The van der Waals surface area contributed by atoms with Crippen molar-refractivity contribution in [3.63, 3.8) is 0 Å². The summed E-state index contributed by atoms with van der Waals surface area (Å²) in [5.41, 5.74) is 2.91. The second kappa shape index (κ2) is 6.35. The summed E-state index contributed by atoms with van der Waals surface area (Å²) in [6, 6.07) is 10.9. The number of fused-ring (bicyclic) bond motifs is 1. The minimum Gasteiger partial charge on any atom is -0.368 e. The monoisotopic (exact) mass is 335 g/mol. The van der Waals surface area contributed by atoms with Gasteiger partial charge in [0.25, 0.3) is 5.69 Å². The Kier molecular flexibility index (Phi) is 3.89. The summed E-state index contributed by atoms with van der Waals surface area (Å²) in [7, 11) is 0. The molecule has 7 heteroatoms. The molecule has 2 aromatic heterocycles. The van der Waals surface area contributed by atoms with Gasteiger partial charge in [-0.25, -0.2) is 0 Å². The summed E-state index contributed by atoms with van der Waals surface area (Å²) in [6.07, 6.45) is 5.29. The molecule has 0 saturated carbocycles. The van der Waals surface area contributed by atoms with Crippen LogP contribution in [0.25, 0.3) is 10.9 Å². The van der Waals surface area contributed by atoms with E-state index in [0.29, 0.717) is 10.9 Å². The van der Waals surface area contributed by atoms with Crippen molar-refractivity contribution in [1.29, 1.82) is 0 Å². The Labute approximate surface area is 144 Å². The number of nitro groups is 1. The number of pyridine rings is 2. The van der Waals surface area contributed by atoms with Crippen molar-refractivity contribution in [1.82, 2.24) is 9.97 Å². The van der Waals surface area contributed by atoms with E-state index in [-0.39, 0.29) is 10.6 Å². The van der Waals surface area contributed by atoms with E-state index >= 15 is 0 Å². The molecule has 1 saturated heterocycles. The average Bonchev–Trinajstić information content (AvgIpc) is 2.68. The smallest absolute Gasteiger partial charge is 0.278 e. The number of piperazine rings is 1. The summed E-state index contributed by atoms with van der Waals surface area (Å²) in [6.45, 7) is 3.45. The first-order chi connectivity index (χ1) is 12.2. The topological polar surface area (TPSA) is 75.4 Å². The molecule has 1 aliphatic heterocycles. The molecular weight excluding hydrogens is 318 g/mol. The van der Waals surface area contributed by atoms with Crippen molar-refractivity contribution < 1.29 is 4.92 Å². The highest BCUT2D eigenvalue weighted by molar-refractivity contribution is 5.97. The van der Waals surface area contributed by atoms with Crippen molar-refractivity contribution in [3.8, 4) is 0 Å². The third kappa shape index (κ3) is 2.84. The summed E-state index contributed by atoms with van der Waals surface area (Å²) < 4.78 is 0. The molecule has 1 aliphatic rings. The van der Waals surface area contributed by atoms with Crippen LogP contribution in [0, 0.1) is 10.1 Å². The van der Waals surface area contributed by atoms with Gasteiger partial charge in [-0.2, -0.15) is 0 Å². The van der Waals surface area contributed by atoms with Gasteiger partial charge in [0, 0.05) is 56.5 Å². The fourth-order valence-electron chi connectivity index (χ4n) is 3.32. The van der Waals surface area contributed by atoms with Crippen LogP contribution in [0.1, 0.15) is 0 Å². The maximum Gasteiger partial charge on any atom is 0.278 e. The van der Waals surface area contributed by atoms with Gasteiger partial charge < -0.3 is 9.80 Å². The van der Waals surface area contributed by atoms with Crippen LogP contribution in [0.2, 0.25) is 0 Å². The molecule has 3 heterocycles. The predicted octanol–water partition coefficient (Wildman–Crippen LogP) is 2.86. The number of aromatic nitrogens is 2. The van der Waals surface area contributed by atoms with Gasteiger partial charge >= 0.3 is 0 Å². The Morgan fingerprint density at radius 1 is 0.920 bits per heavy atom. The lowest BCUT2D eigenvalue weighted by molar-refractivity contribution is -0.383. The number of anilines is 2. The maximum atomic E-state index is 11.3. The molecule has 0 amide bonds. The Balaban J connectivity index is 1.62. The summed E-state index contributed by atoms with van der Waals surface area (Å²) >= 11 is 0. The van der Waals surface area contributed by atoms with Crippen LogP contribution in [-0.2, 0) is 0 Å². The molecule has 4 rings (SSSR count). The predicted molar refractivity (Wildman–Crippen MR) is 97.1 cm³/mol. The number of nitro benzene ring substituents is 1. The lowest BCUT2D eigenvalue weighted by atomic mass is 10.1. The van der Waals surface area contributed by atoms with E-state index in [2.05, 4.69) is 19.8 Å². The Bertz CT molecular complexity index is 908. The fraction of sp³-hybridized carbons (Fsp3) is 0.222. The molecule has 0 radical (unpaired) electrons. The average molecular weight is 335 g/mol. The highest BCUT2D eigenvalue weighted by atomic mass is 16.6. The van der Waals surface area contributed by atoms with Gasteiger partial charge in [-0.1, -0.05) is 0 Å². The molecule has 0 atom stereocenters. The van der Waals surface area contributed by atoms with Crippen LogP contribution in [0.15, 0.2) is 55.0 Å². The number of hydrogen-bond acceptors (Lipinski definition) is 6. The molecule has 126 valence electrons. The van der Waals surface area contributed by atoms with Crippen molar-refractivity contribution in [2.24, 2.45) is 0 Å². The second-order valence-corrected chi connectivity index (χ2v) is 5.94. The molecule has 7 nitrogen and oxygen atoms in total. The first-order valence-corrected chi connectivity index (χ1v) is 8.16. The Morgan fingerprint density at radius 3 is 2.36 bits per heavy atom. The summed E-state index contributed by atoms with van der Waals surface area (Å²) in [4.78, 5) is 23.9. The van der Waals surface area contributed by atoms with Crippen molar-refractivity contribution in [2.45, 2.75) is 0 Å². The van der Waals surface area contributed by atoms with Gasteiger partial charge in [0.05, 0.1) is 16.0 Å². The van der Waals surface area contributed by atoms with E-state index in [1.165, 1.54) is 5.69 Å². The molecule has 25 heavy (non-hydrogen) atoms. The number of non-ortho nitro benzene ring substituents is 1. The largest absolute Gasteiger partial charge is 0.368 e. The number of rotatable bonds is 3. The summed E-state index contributed by atoms with van der Waals surface area (Å²) in [5, 5.41) is 11.8. The van der Waals surface area contributed by atoms with Gasteiger partial charge in [-0.05, 0) is 30.3 Å². The van der Waals surface area contributed by atoms with E-state index in [1.807, 2.05) is 18.2 Å². The number of benzene rings is 1. The van der Waals surface area contributed by atoms with Gasteiger partial charge in [0.2, 0.25) is 0 Å². The van der Waals surface area contributed by atoms with Crippen LogP contribution in [0.5, 0.6) is 0 Å². The third-order valence-corrected chi connectivity index (χ3v) is 4.57. The minimum atomic E-state index is -0.352.